The molecule has 0 radical (unpaired) electrons. The highest BCUT2D eigenvalue weighted by atomic mass is 32.2. The monoisotopic (exact) mass is 278 g/mol. The van der Waals surface area contributed by atoms with Gasteiger partial charge >= 0.3 is 0 Å². The van der Waals surface area contributed by atoms with Crippen LogP contribution < -0.4 is 4.74 Å². The molecular weight excluding hydrogens is 264 g/mol. The van der Waals surface area contributed by atoms with Crippen molar-refractivity contribution in [3.63, 3.8) is 0 Å². The number of hydrogen-bond acceptors (Lipinski definition) is 3. The summed E-state index contributed by atoms with van der Waals surface area (Å²) in [5.41, 5.74) is 1.98. The molecule has 0 atom stereocenters. The Bertz CT molecular complexity index is 643. The summed E-state index contributed by atoms with van der Waals surface area (Å²) in [6, 6.07) is 13.6. The zero-order valence-electron chi connectivity index (χ0n) is 10.4. The van der Waals surface area contributed by atoms with Crippen molar-refractivity contribution in [1.29, 1.82) is 0 Å². The summed E-state index contributed by atoms with van der Waals surface area (Å²) in [6.45, 7) is 2.34. The van der Waals surface area contributed by atoms with E-state index in [2.05, 4.69) is 0 Å². The van der Waals surface area contributed by atoms with E-state index < -0.39 is 10.1 Å². The summed E-state index contributed by atoms with van der Waals surface area (Å²) in [4.78, 5) is -0.119. The Labute approximate surface area is 112 Å². The van der Waals surface area contributed by atoms with E-state index in [1.807, 2.05) is 31.2 Å². The van der Waals surface area contributed by atoms with Crippen LogP contribution in [-0.4, -0.2) is 13.0 Å². The van der Waals surface area contributed by atoms with E-state index in [1.54, 1.807) is 12.1 Å². The molecule has 100 valence electrons. The van der Waals surface area contributed by atoms with E-state index in [-0.39, 0.29) is 4.90 Å². The Hall–Kier alpha value is -1.85. The number of rotatable bonds is 4. The molecule has 0 aliphatic rings. The normalized spacial score (nSPS) is 11.3. The molecule has 0 saturated carbocycles. The standard InChI is InChI=1S/C14H14O4S/c1-11-2-6-13(7-3-11)18-10-12-4-8-14(9-5-12)19(15,16)17/h2-9H,10H2,1H3,(H,15,16,17). The molecule has 0 saturated heterocycles. The van der Waals surface area contributed by atoms with E-state index in [1.165, 1.54) is 12.1 Å². The molecule has 0 amide bonds. The summed E-state index contributed by atoms with van der Waals surface area (Å²) in [5.74, 6) is 0.754. The minimum absolute atomic E-state index is 0.119. The average Bonchev–Trinajstić information content (AvgIpc) is 2.37. The predicted molar refractivity (Wildman–Crippen MR) is 71.8 cm³/mol. The highest BCUT2D eigenvalue weighted by molar-refractivity contribution is 7.85. The lowest BCUT2D eigenvalue weighted by atomic mass is 10.2. The van der Waals surface area contributed by atoms with Crippen molar-refractivity contribution in [1.82, 2.24) is 0 Å². The molecule has 2 rings (SSSR count). The molecule has 2 aromatic rings. The molecule has 0 aromatic heterocycles. The fraction of sp³-hybridized carbons (Fsp3) is 0.143. The zero-order chi connectivity index (χ0) is 13.9. The van der Waals surface area contributed by atoms with Gasteiger partial charge in [-0.3, -0.25) is 4.55 Å². The summed E-state index contributed by atoms with van der Waals surface area (Å²) < 4.78 is 36.2. The van der Waals surface area contributed by atoms with Crippen molar-refractivity contribution in [3.05, 3.63) is 59.7 Å². The molecule has 0 unspecified atom stereocenters. The maximum Gasteiger partial charge on any atom is 0.294 e. The maximum atomic E-state index is 10.9. The quantitative estimate of drug-likeness (QED) is 0.873. The van der Waals surface area contributed by atoms with Gasteiger partial charge in [0.05, 0.1) is 4.90 Å². The van der Waals surface area contributed by atoms with Crippen LogP contribution in [0, 0.1) is 6.92 Å². The molecule has 0 heterocycles. The van der Waals surface area contributed by atoms with Crippen LogP contribution in [0.3, 0.4) is 0 Å². The molecule has 19 heavy (non-hydrogen) atoms. The van der Waals surface area contributed by atoms with Crippen LogP contribution in [0.4, 0.5) is 0 Å². The van der Waals surface area contributed by atoms with Gasteiger partial charge in [-0.15, -0.1) is 0 Å². The van der Waals surface area contributed by atoms with Gasteiger partial charge in [-0.2, -0.15) is 8.42 Å². The van der Waals surface area contributed by atoms with Crippen LogP contribution in [-0.2, 0) is 16.7 Å². The topological polar surface area (TPSA) is 63.6 Å². The van der Waals surface area contributed by atoms with E-state index in [0.717, 1.165) is 16.9 Å². The van der Waals surface area contributed by atoms with Crippen LogP contribution in [0.5, 0.6) is 5.75 Å². The van der Waals surface area contributed by atoms with Crippen molar-refractivity contribution < 1.29 is 17.7 Å². The van der Waals surface area contributed by atoms with Crippen molar-refractivity contribution in [3.8, 4) is 5.75 Å². The van der Waals surface area contributed by atoms with Crippen LogP contribution >= 0.6 is 0 Å². The van der Waals surface area contributed by atoms with Gasteiger partial charge < -0.3 is 4.74 Å². The molecule has 0 aliphatic carbocycles. The predicted octanol–water partition coefficient (Wildman–Crippen LogP) is 2.82. The Morgan fingerprint density at radius 2 is 1.58 bits per heavy atom. The minimum Gasteiger partial charge on any atom is -0.489 e. The molecule has 2 aromatic carbocycles. The van der Waals surface area contributed by atoms with Gasteiger partial charge in [-0.1, -0.05) is 29.8 Å². The Balaban J connectivity index is 2.02. The fourth-order valence-corrected chi connectivity index (χ4v) is 2.04. The van der Waals surface area contributed by atoms with Gasteiger partial charge in [-0.25, -0.2) is 0 Å². The maximum absolute atomic E-state index is 10.9. The Kier molecular flexibility index (Phi) is 3.87. The summed E-state index contributed by atoms with van der Waals surface area (Å²) >= 11 is 0. The van der Waals surface area contributed by atoms with E-state index in [4.69, 9.17) is 9.29 Å². The molecule has 0 bridgehead atoms. The van der Waals surface area contributed by atoms with Crippen LogP contribution in [0.25, 0.3) is 0 Å². The fourth-order valence-electron chi connectivity index (χ4n) is 1.56. The highest BCUT2D eigenvalue weighted by Crippen LogP contribution is 2.15. The van der Waals surface area contributed by atoms with Crippen LogP contribution in [0.2, 0.25) is 0 Å². The van der Waals surface area contributed by atoms with Gasteiger partial charge in [0, 0.05) is 0 Å². The third kappa shape index (κ3) is 3.81. The van der Waals surface area contributed by atoms with Gasteiger partial charge in [0.25, 0.3) is 10.1 Å². The third-order valence-electron chi connectivity index (χ3n) is 2.65. The highest BCUT2D eigenvalue weighted by Gasteiger charge is 2.08. The third-order valence-corrected chi connectivity index (χ3v) is 3.52. The first-order valence-corrected chi connectivity index (χ1v) is 7.15. The molecule has 0 aliphatic heterocycles. The van der Waals surface area contributed by atoms with Crippen LogP contribution in [0.1, 0.15) is 11.1 Å². The van der Waals surface area contributed by atoms with E-state index in [0.29, 0.717) is 6.61 Å². The number of hydrogen-bond donors (Lipinski definition) is 1. The average molecular weight is 278 g/mol. The van der Waals surface area contributed by atoms with Gasteiger partial charge in [0.15, 0.2) is 0 Å². The van der Waals surface area contributed by atoms with Crippen molar-refractivity contribution in [2.45, 2.75) is 18.4 Å². The van der Waals surface area contributed by atoms with Crippen molar-refractivity contribution >= 4 is 10.1 Å². The minimum atomic E-state index is -4.13. The van der Waals surface area contributed by atoms with Gasteiger partial charge in [0.2, 0.25) is 0 Å². The van der Waals surface area contributed by atoms with Gasteiger partial charge in [0.1, 0.15) is 12.4 Å². The lowest BCUT2D eigenvalue weighted by Gasteiger charge is -2.07. The molecule has 0 spiro atoms. The Morgan fingerprint density at radius 1 is 1.00 bits per heavy atom. The van der Waals surface area contributed by atoms with Crippen molar-refractivity contribution in [2.24, 2.45) is 0 Å². The Morgan fingerprint density at radius 3 is 2.11 bits per heavy atom. The van der Waals surface area contributed by atoms with E-state index in [9.17, 15) is 8.42 Å². The first-order valence-electron chi connectivity index (χ1n) is 5.71. The molecular formula is C14H14O4S. The number of ether oxygens (including phenoxy) is 1. The second kappa shape index (κ2) is 5.42. The molecule has 1 N–H and O–H groups in total. The molecule has 0 fully saturated rings. The van der Waals surface area contributed by atoms with Gasteiger partial charge in [-0.05, 0) is 36.8 Å². The second-order valence-corrected chi connectivity index (χ2v) is 5.64. The molecule has 4 nitrogen and oxygen atoms in total. The summed E-state index contributed by atoms with van der Waals surface area (Å²) in [7, 11) is -4.13. The lowest BCUT2D eigenvalue weighted by molar-refractivity contribution is 0.306. The zero-order valence-corrected chi connectivity index (χ0v) is 11.2. The van der Waals surface area contributed by atoms with Crippen molar-refractivity contribution in [2.75, 3.05) is 0 Å². The number of benzene rings is 2. The summed E-state index contributed by atoms with van der Waals surface area (Å²) in [5, 5.41) is 0. The first kappa shape index (κ1) is 13.6. The largest absolute Gasteiger partial charge is 0.489 e. The second-order valence-electron chi connectivity index (χ2n) is 4.22. The smallest absolute Gasteiger partial charge is 0.294 e. The molecule has 5 heteroatoms. The van der Waals surface area contributed by atoms with E-state index >= 15 is 0 Å². The lowest BCUT2D eigenvalue weighted by Crippen LogP contribution is -1.99. The SMILES string of the molecule is Cc1ccc(OCc2ccc(S(=O)(=O)O)cc2)cc1. The number of aryl methyl sites for hydroxylation is 1. The van der Waals surface area contributed by atoms with Crippen LogP contribution in [0.15, 0.2) is 53.4 Å². The first-order chi connectivity index (χ1) is 8.95. The summed E-state index contributed by atoms with van der Waals surface area (Å²) in [6.07, 6.45) is 0.